The minimum absolute atomic E-state index is 0.500. The fourth-order valence-corrected chi connectivity index (χ4v) is 2.93. The van der Waals surface area contributed by atoms with E-state index in [9.17, 15) is 0 Å². The summed E-state index contributed by atoms with van der Waals surface area (Å²) in [6.07, 6.45) is 7.09. The minimum Gasteiger partial charge on any atom is -0.315 e. The molecule has 2 atom stereocenters. The Labute approximate surface area is 123 Å². The predicted octanol–water partition coefficient (Wildman–Crippen LogP) is 2.82. The summed E-state index contributed by atoms with van der Waals surface area (Å²) in [6.45, 7) is 11.2. The first-order valence-electron chi connectivity index (χ1n) is 8.23. The SMILES string of the molecule is CCCN(Cc1ccn(C(C)CC)n1)C1CCCNC1. The standard InChI is InChI=1S/C16H30N4/c1-4-10-19(16-7-6-9-17-12-16)13-15-8-11-20(18-15)14(3)5-2/h8,11,14,16-17H,4-7,9-10,12-13H2,1-3H3. The second kappa shape index (κ2) is 7.79. The topological polar surface area (TPSA) is 33.1 Å². The fraction of sp³-hybridized carbons (Fsp3) is 0.812. The third-order valence-corrected chi connectivity index (χ3v) is 4.37. The number of piperidine rings is 1. The van der Waals surface area contributed by atoms with Crippen LogP contribution in [0, 0.1) is 0 Å². The van der Waals surface area contributed by atoms with Crippen molar-refractivity contribution >= 4 is 0 Å². The second-order valence-electron chi connectivity index (χ2n) is 6.02. The van der Waals surface area contributed by atoms with Gasteiger partial charge >= 0.3 is 0 Å². The highest BCUT2D eigenvalue weighted by Gasteiger charge is 2.21. The molecule has 20 heavy (non-hydrogen) atoms. The van der Waals surface area contributed by atoms with Gasteiger partial charge < -0.3 is 5.32 Å². The quantitative estimate of drug-likeness (QED) is 0.832. The molecule has 1 aromatic heterocycles. The molecule has 1 aliphatic rings. The number of hydrogen-bond acceptors (Lipinski definition) is 3. The van der Waals surface area contributed by atoms with Crippen molar-refractivity contribution in [1.82, 2.24) is 20.0 Å². The van der Waals surface area contributed by atoms with E-state index in [0.717, 1.165) is 19.5 Å². The lowest BCUT2D eigenvalue weighted by atomic mass is 10.1. The Balaban J connectivity index is 1.97. The Morgan fingerprint density at radius 3 is 3.00 bits per heavy atom. The molecule has 2 rings (SSSR count). The fourth-order valence-electron chi connectivity index (χ4n) is 2.93. The van der Waals surface area contributed by atoms with E-state index in [1.54, 1.807) is 0 Å². The average molecular weight is 278 g/mol. The summed E-state index contributed by atoms with van der Waals surface area (Å²) < 4.78 is 2.11. The molecule has 1 aliphatic heterocycles. The zero-order valence-corrected chi connectivity index (χ0v) is 13.3. The summed E-state index contributed by atoms with van der Waals surface area (Å²) in [5.74, 6) is 0. The first-order chi connectivity index (χ1) is 9.74. The lowest BCUT2D eigenvalue weighted by Gasteiger charge is -2.34. The van der Waals surface area contributed by atoms with Gasteiger partial charge in [0, 0.05) is 31.4 Å². The zero-order valence-electron chi connectivity index (χ0n) is 13.3. The van der Waals surface area contributed by atoms with Crippen molar-refractivity contribution in [1.29, 1.82) is 0 Å². The molecular weight excluding hydrogens is 248 g/mol. The van der Waals surface area contributed by atoms with Gasteiger partial charge in [-0.05, 0) is 51.8 Å². The van der Waals surface area contributed by atoms with E-state index in [1.807, 2.05) is 0 Å². The lowest BCUT2D eigenvalue weighted by Crippen LogP contribution is -2.46. The molecule has 1 N–H and O–H groups in total. The normalized spacial score (nSPS) is 21.3. The number of aromatic nitrogens is 2. The Morgan fingerprint density at radius 2 is 2.35 bits per heavy atom. The zero-order chi connectivity index (χ0) is 14.4. The second-order valence-corrected chi connectivity index (χ2v) is 6.02. The van der Waals surface area contributed by atoms with Crippen LogP contribution in [0.4, 0.5) is 0 Å². The first kappa shape index (κ1) is 15.5. The van der Waals surface area contributed by atoms with Gasteiger partial charge in [0.15, 0.2) is 0 Å². The van der Waals surface area contributed by atoms with Gasteiger partial charge in [-0.25, -0.2) is 0 Å². The summed E-state index contributed by atoms with van der Waals surface area (Å²) in [4.78, 5) is 2.61. The monoisotopic (exact) mass is 278 g/mol. The molecule has 2 heterocycles. The van der Waals surface area contributed by atoms with Crippen LogP contribution >= 0.6 is 0 Å². The maximum atomic E-state index is 4.75. The lowest BCUT2D eigenvalue weighted by molar-refractivity contribution is 0.155. The van der Waals surface area contributed by atoms with Crippen LogP contribution in [0.25, 0.3) is 0 Å². The van der Waals surface area contributed by atoms with Gasteiger partial charge in [-0.2, -0.15) is 5.10 Å². The number of nitrogens with one attached hydrogen (secondary N) is 1. The summed E-state index contributed by atoms with van der Waals surface area (Å²) in [6, 6.07) is 3.36. The molecule has 0 bridgehead atoms. The molecule has 1 fully saturated rings. The van der Waals surface area contributed by atoms with Crippen molar-refractivity contribution in [2.45, 2.75) is 65.1 Å². The van der Waals surface area contributed by atoms with E-state index in [4.69, 9.17) is 5.10 Å². The van der Waals surface area contributed by atoms with Gasteiger partial charge in [0.1, 0.15) is 0 Å². The molecule has 1 aromatic rings. The largest absolute Gasteiger partial charge is 0.315 e. The molecule has 2 unspecified atom stereocenters. The molecular formula is C16H30N4. The van der Waals surface area contributed by atoms with Gasteiger partial charge in [0.2, 0.25) is 0 Å². The van der Waals surface area contributed by atoms with Crippen molar-refractivity contribution in [2.75, 3.05) is 19.6 Å². The third-order valence-electron chi connectivity index (χ3n) is 4.37. The molecule has 1 saturated heterocycles. The minimum atomic E-state index is 0.500. The van der Waals surface area contributed by atoms with Crippen LogP contribution in [0.15, 0.2) is 12.3 Å². The van der Waals surface area contributed by atoms with Gasteiger partial charge in [0.05, 0.1) is 5.69 Å². The van der Waals surface area contributed by atoms with Crippen LogP contribution in [0.2, 0.25) is 0 Å². The molecule has 0 radical (unpaired) electrons. The molecule has 0 aromatic carbocycles. The third kappa shape index (κ3) is 4.06. The molecule has 4 heteroatoms. The molecule has 4 nitrogen and oxygen atoms in total. The maximum Gasteiger partial charge on any atom is 0.0765 e. The summed E-state index contributed by atoms with van der Waals surface area (Å²) in [7, 11) is 0. The molecule has 0 aliphatic carbocycles. The van der Waals surface area contributed by atoms with Gasteiger partial charge in [0.25, 0.3) is 0 Å². The smallest absolute Gasteiger partial charge is 0.0765 e. The van der Waals surface area contributed by atoms with Crippen LogP contribution in [-0.4, -0.2) is 40.4 Å². The Bertz CT molecular complexity index is 382. The highest BCUT2D eigenvalue weighted by atomic mass is 15.3. The van der Waals surface area contributed by atoms with Gasteiger partial charge in [-0.1, -0.05) is 13.8 Å². The summed E-state index contributed by atoms with van der Waals surface area (Å²) in [5, 5.41) is 8.28. The van der Waals surface area contributed by atoms with Gasteiger partial charge in [-0.15, -0.1) is 0 Å². The van der Waals surface area contributed by atoms with Crippen LogP contribution in [0.3, 0.4) is 0 Å². The number of rotatable bonds is 7. The van der Waals surface area contributed by atoms with Crippen molar-refractivity contribution in [3.63, 3.8) is 0 Å². The molecule has 0 spiro atoms. The van der Waals surface area contributed by atoms with Crippen molar-refractivity contribution in [2.24, 2.45) is 0 Å². The van der Waals surface area contributed by atoms with Crippen molar-refractivity contribution in [3.8, 4) is 0 Å². The summed E-state index contributed by atoms with van der Waals surface area (Å²) >= 11 is 0. The van der Waals surface area contributed by atoms with E-state index in [-0.39, 0.29) is 0 Å². The Hall–Kier alpha value is -0.870. The van der Waals surface area contributed by atoms with E-state index in [2.05, 4.69) is 47.9 Å². The van der Waals surface area contributed by atoms with Crippen molar-refractivity contribution < 1.29 is 0 Å². The van der Waals surface area contributed by atoms with Gasteiger partial charge in [-0.3, -0.25) is 9.58 Å². The maximum absolute atomic E-state index is 4.75. The highest BCUT2D eigenvalue weighted by molar-refractivity contribution is 5.00. The van der Waals surface area contributed by atoms with E-state index in [1.165, 1.54) is 38.0 Å². The highest BCUT2D eigenvalue weighted by Crippen LogP contribution is 2.15. The first-order valence-corrected chi connectivity index (χ1v) is 8.23. The molecule has 114 valence electrons. The average Bonchev–Trinajstić information content (AvgIpc) is 2.95. The predicted molar refractivity (Wildman–Crippen MR) is 83.8 cm³/mol. The van der Waals surface area contributed by atoms with Crippen LogP contribution in [0.1, 0.15) is 58.2 Å². The van der Waals surface area contributed by atoms with Crippen molar-refractivity contribution in [3.05, 3.63) is 18.0 Å². The molecule has 0 amide bonds. The Morgan fingerprint density at radius 1 is 1.50 bits per heavy atom. The summed E-state index contributed by atoms with van der Waals surface area (Å²) in [5.41, 5.74) is 1.21. The van der Waals surface area contributed by atoms with E-state index >= 15 is 0 Å². The van der Waals surface area contributed by atoms with Crippen LogP contribution in [-0.2, 0) is 6.54 Å². The Kier molecular flexibility index (Phi) is 6.05. The number of nitrogens with zero attached hydrogens (tertiary/aromatic N) is 3. The van der Waals surface area contributed by atoms with Crippen LogP contribution < -0.4 is 5.32 Å². The van der Waals surface area contributed by atoms with E-state index in [0.29, 0.717) is 12.1 Å². The van der Waals surface area contributed by atoms with Crippen LogP contribution in [0.5, 0.6) is 0 Å². The molecule has 0 saturated carbocycles. The van der Waals surface area contributed by atoms with E-state index < -0.39 is 0 Å². The number of hydrogen-bond donors (Lipinski definition) is 1.